The molecular weight excluding hydrogens is 180 g/mol. The number of hydrogen-bond acceptors (Lipinski definition) is 3. The Morgan fingerprint density at radius 2 is 2.21 bits per heavy atom. The third-order valence-corrected chi connectivity index (χ3v) is 3.34. The lowest BCUT2D eigenvalue weighted by atomic mass is 9.88. The number of nitrogens with two attached hydrogens (primary N) is 1. The van der Waals surface area contributed by atoms with Gasteiger partial charge in [0.25, 0.3) is 0 Å². The number of carbonyl (C=O) groups is 1. The van der Waals surface area contributed by atoms with Crippen molar-refractivity contribution in [3.05, 3.63) is 0 Å². The van der Waals surface area contributed by atoms with Crippen molar-refractivity contribution in [1.29, 1.82) is 0 Å². The van der Waals surface area contributed by atoms with E-state index in [1.165, 1.54) is 0 Å². The van der Waals surface area contributed by atoms with Crippen LogP contribution in [0.15, 0.2) is 0 Å². The van der Waals surface area contributed by atoms with Crippen LogP contribution in [-0.4, -0.2) is 40.6 Å². The number of aliphatic hydroxyl groups is 1. The zero-order valence-electron chi connectivity index (χ0n) is 8.57. The van der Waals surface area contributed by atoms with Gasteiger partial charge < -0.3 is 15.7 Å². The van der Waals surface area contributed by atoms with Gasteiger partial charge in [0.05, 0.1) is 19.1 Å². The molecule has 4 heteroatoms. The molecule has 1 aliphatic heterocycles. The van der Waals surface area contributed by atoms with Gasteiger partial charge in [0.2, 0.25) is 5.91 Å². The zero-order valence-corrected chi connectivity index (χ0v) is 8.57. The molecule has 2 aliphatic rings. The Kier molecular flexibility index (Phi) is 2.27. The third-order valence-electron chi connectivity index (χ3n) is 3.34. The lowest BCUT2D eigenvalue weighted by Gasteiger charge is -2.47. The van der Waals surface area contributed by atoms with E-state index in [-0.39, 0.29) is 5.91 Å². The highest BCUT2D eigenvalue weighted by Gasteiger charge is 2.53. The van der Waals surface area contributed by atoms with Gasteiger partial charge >= 0.3 is 0 Å². The van der Waals surface area contributed by atoms with Crippen LogP contribution >= 0.6 is 0 Å². The van der Waals surface area contributed by atoms with Gasteiger partial charge in [0.1, 0.15) is 5.60 Å². The van der Waals surface area contributed by atoms with Crippen molar-refractivity contribution in [2.24, 2.45) is 11.7 Å². The molecule has 0 aromatic carbocycles. The first-order valence-electron chi connectivity index (χ1n) is 5.33. The fraction of sp³-hybridized carbons (Fsp3) is 0.900. The molecule has 1 heterocycles. The van der Waals surface area contributed by atoms with Crippen LogP contribution in [0.25, 0.3) is 0 Å². The lowest BCUT2D eigenvalue weighted by molar-refractivity contribution is -0.160. The largest absolute Gasteiger partial charge is 0.386 e. The summed E-state index contributed by atoms with van der Waals surface area (Å²) in [5.41, 5.74) is 5.05. The maximum Gasteiger partial charge on any atom is 0.239 e. The molecule has 0 aromatic rings. The van der Waals surface area contributed by atoms with Crippen LogP contribution in [0.1, 0.15) is 26.2 Å². The van der Waals surface area contributed by atoms with E-state index in [9.17, 15) is 9.90 Å². The van der Waals surface area contributed by atoms with E-state index in [0.717, 1.165) is 12.8 Å². The van der Waals surface area contributed by atoms with Crippen molar-refractivity contribution < 1.29 is 9.90 Å². The summed E-state index contributed by atoms with van der Waals surface area (Å²) >= 11 is 0. The minimum Gasteiger partial charge on any atom is -0.386 e. The number of β-amino-alcohol motifs (C(OH)–C–C–N with tert-alkyl or cyclic N) is 1. The van der Waals surface area contributed by atoms with E-state index in [2.05, 4.69) is 0 Å². The minimum atomic E-state index is -0.580. The average molecular weight is 198 g/mol. The molecule has 1 saturated carbocycles. The van der Waals surface area contributed by atoms with Gasteiger partial charge in [-0.3, -0.25) is 4.79 Å². The van der Waals surface area contributed by atoms with Crippen molar-refractivity contribution in [1.82, 2.24) is 4.90 Å². The summed E-state index contributed by atoms with van der Waals surface area (Å²) in [7, 11) is 0. The van der Waals surface area contributed by atoms with E-state index in [4.69, 9.17) is 5.73 Å². The average Bonchev–Trinajstić information content (AvgIpc) is 2.93. The van der Waals surface area contributed by atoms with Crippen LogP contribution in [0.2, 0.25) is 0 Å². The van der Waals surface area contributed by atoms with Crippen molar-refractivity contribution >= 4 is 5.91 Å². The summed E-state index contributed by atoms with van der Waals surface area (Å²) in [6.07, 6.45) is 2.88. The molecule has 0 unspecified atom stereocenters. The third kappa shape index (κ3) is 1.53. The molecule has 0 aromatic heterocycles. The van der Waals surface area contributed by atoms with Crippen LogP contribution in [0, 0.1) is 5.92 Å². The van der Waals surface area contributed by atoms with E-state index in [1.807, 2.05) is 6.92 Å². The summed E-state index contributed by atoms with van der Waals surface area (Å²) in [5, 5.41) is 9.99. The molecule has 0 radical (unpaired) electrons. The molecular formula is C10H18N2O2. The number of carbonyl (C=O) groups excluding carboxylic acids is 1. The first kappa shape index (κ1) is 9.93. The maximum absolute atomic E-state index is 11.6. The highest BCUT2D eigenvalue weighted by Crippen LogP contribution is 2.44. The molecule has 1 aliphatic carbocycles. The molecule has 2 rings (SSSR count). The summed E-state index contributed by atoms with van der Waals surface area (Å²) in [4.78, 5) is 13.3. The molecule has 1 saturated heterocycles. The van der Waals surface area contributed by atoms with Gasteiger partial charge in [-0.25, -0.2) is 0 Å². The monoisotopic (exact) mass is 198 g/mol. The molecule has 4 nitrogen and oxygen atoms in total. The zero-order chi connectivity index (χ0) is 10.3. The van der Waals surface area contributed by atoms with E-state index in [0.29, 0.717) is 25.4 Å². The van der Waals surface area contributed by atoms with Crippen molar-refractivity contribution in [2.75, 3.05) is 13.1 Å². The lowest BCUT2D eigenvalue weighted by Crippen LogP contribution is -2.66. The topological polar surface area (TPSA) is 66.6 Å². The van der Waals surface area contributed by atoms with Gasteiger partial charge in [-0.15, -0.1) is 0 Å². The Hall–Kier alpha value is -0.610. The van der Waals surface area contributed by atoms with E-state index in [1.54, 1.807) is 4.90 Å². The maximum atomic E-state index is 11.6. The highest BCUT2D eigenvalue weighted by atomic mass is 16.3. The predicted molar refractivity (Wildman–Crippen MR) is 52.5 cm³/mol. The van der Waals surface area contributed by atoms with Crippen LogP contribution in [-0.2, 0) is 4.79 Å². The number of rotatable bonds is 3. The Bertz CT molecular complexity index is 245. The van der Waals surface area contributed by atoms with E-state index >= 15 is 0 Å². The van der Waals surface area contributed by atoms with Crippen LogP contribution < -0.4 is 5.73 Å². The Morgan fingerprint density at radius 1 is 1.64 bits per heavy atom. The second kappa shape index (κ2) is 3.21. The van der Waals surface area contributed by atoms with Gasteiger partial charge in [-0.1, -0.05) is 6.92 Å². The van der Waals surface area contributed by atoms with Gasteiger partial charge in [-0.05, 0) is 25.2 Å². The number of hydrogen-bond donors (Lipinski definition) is 2. The highest BCUT2D eigenvalue weighted by molar-refractivity contribution is 5.82. The molecule has 0 spiro atoms. The SMILES string of the molecule is CC[C@H](N)C(=O)N1CC(O)(C2CC2)C1. The standard InChI is InChI=1S/C10H18N2O2/c1-2-8(11)9(13)12-5-10(14,6-12)7-3-4-7/h7-8,14H,2-6,11H2,1H3/t8-/m0/s1. The molecule has 2 fully saturated rings. The molecule has 0 bridgehead atoms. The Balaban J connectivity index is 1.84. The number of nitrogens with zero attached hydrogens (tertiary/aromatic N) is 1. The normalized spacial score (nSPS) is 26.9. The molecule has 1 atom stereocenters. The fourth-order valence-electron chi connectivity index (χ4n) is 2.06. The predicted octanol–water partition coefficient (Wildman–Crippen LogP) is -0.293. The summed E-state index contributed by atoms with van der Waals surface area (Å²) in [6.45, 7) is 2.88. The summed E-state index contributed by atoms with van der Waals surface area (Å²) < 4.78 is 0. The van der Waals surface area contributed by atoms with Crippen LogP contribution in [0.4, 0.5) is 0 Å². The Labute approximate surface area is 84.1 Å². The quantitative estimate of drug-likeness (QED) is 0.654. The van der Waals surface area contributed by atoms with Crippen LogP contribution in [0.5, 0.6) is 0 Å². The first-order valence-corrected chi connectivity index (χ1v) is 5.33. The molecule has 3 N–H and O–H groups in total. The minimum absolute atomic E-state index is 0.0159. The Morgan fingerprint density at radius 3 is 2.64 bits per heavy atom. The number of likely N-dealkylation sites (tertiary alicyclic amines) is 1. The van der Waals surface area contributed by atoms with Gasteiger partial charge in [-0.2, -0.15) is 0 Å². The van der Waals surface area contributed by atoms with Gasteiger partial charge in [0.15, 0.2) is 0 Å². The second-order valence-corrected chi connectivity index (χ2v) is 4.59. The molecule has 14 heavy (non-hydrogen) atoms. The smallest absolute Gasteiger partial charge is 0.239 e. The fourth-order valence-corrected chi connectivity index (χ4v) is 2.06. The molecule has 1 amide bonds. The number of amides is 1. The van der Waals surface area contributed by atoms with Crippen molar-refractivity contribution in [2.45, 2.75) is 37.8 Å². The van der Waals surface area contributed by atoms with Crippen molar-refractivity contribution in [3.8, 4) is 0 Å². The summed E-state index contributed by atoms with van der Waals surface area (Å²) in [5.74, 6) is 0.419. The summed E-state index contributed by atoms with van der Waals surface area (Å²) in [6, 6.07) is -0.390. The van der Waals surface area contributed by atoms with Gasteiger partial charge in [0, 0.05) is 0 Å². The van der Waals surface area contributed by atoms with Crippen molar-refractivity contribution in [3.63, 3.8) is 0 Å². The van der Waals surface area contributed by atoms with E-state index < -0.39 is 11.6 Å². The molecule has 80 valence electrons. The van der Waals surface area contributed by atoms with Crippen LogP contribution in [0.3, 0.4) is 0 Å². The second-order valence-electron chi connectivity index (χ2n) is 4.59. The first-order chi connectivity index (χ1) is 6.57.